The van der Waals surface area contributed by atoms with Gasteiger partial charge >= 0.3 is 0 Å². The molecule has 2 bridgehead atoms. The van der Waals surface area contributed by atoms with Crippen molar-refractivity contribution in [2.45, 2.75) is 52.5 Å². The van der Waals surface area contributed by atoms with Crippen LogP contribution < -0.4 is 10.6 Å². The molecule has 3 fully saturated rings. The quantitative estimate of drug-likeness (QED) is 0.871. The van der Waals surface area contributed by atoms with Gasteiger partial charge in [0.1, 0.15) is 17.5 Å². The highest BCUT2D eigenvalue weighted by Gasteiger charge is 2.65. The number of fused-ring (bicyclic) bond motifs is 5. The highest BCUT2D eigenvalue weighted by atomic mass is 15.1. The summed E-state index contributed by atoms with van der Waals surface area (Å²) >= 11 is 0. The van der Waals surface area contributed by atoms with Crippen LogP contribution in [0, 0.1) is 37.5 Å². The van der Waals surface area contributed by atoms with Gasteiger partial charge in [-0.05, 0) is 63.2 Å². The fraction of sp³-hybridized carbons (Fsp3) is 0.765. The van der Waals surface area contributed by atoms with Crippen molar-refractivity contribution in [1.29, 1.82) is 0 Å². The summed E-state index contributed by atoms with van der Waals surface area (Å²) in [5.74, 6) is 6.78. The Balaban J connectivity index is 1.52. The number of nitrogens with one attached hydrogen (secondary N) is 2. The molecule has 0 spiro atoms. The molecule has 4 heteroatoms. The Morgan fingerprint density at radius 3 is 2.38 bits per heavy atom. The Bertz CT molecular complexity index is 540. The summed E-state index contributed by atoms with van der Waals surface area (Å²) in [5.41, 5.74) is 1.17. The lowest BCUT2D eigenvalue weighted by atomic mass is 10.0. The molecule has 3 aliphatic rings. The molecule has 0 saturated heterocycles. The standard InChI is InChI=1S/C17H26N4/c1-4-7-18-16-9(2)17(20-10(3)19-16)21-15-13-11-5-6-12(8-11)14(13)15/h11-15H,4-8H2,1-3H3,(H2,18,19,20,21). The molecule has 3 saturated carbocycles. The second-order valence-corrected chi connectivity index (χ2v) is 7.18. The highest BCUT2D eigenvalue weighted by Crippen LogP contribution is 2.66. The van der Waals surface area contributed by atoms with Gasteiger partial charge in [0.05, 0.1) is 0 Å². The van der Waals surface area contributed by atoms with E-state index in [0.29, 0.717) is 6.04 Å². The van der Waals surface area contributed by atoms with Crippen molar-refractivity contribution in [3.63, 3.8) is 0 Å². The van der Waals surface area contributed by atoms with Crippen LogP contribution >= 0.6 is 0 Å². The number of anilines is 2. The minimum Gasteiger partial charge on any atom is -0.370 e. The van der Waals surface area contributed by atoms with Crippen LogP contribution in [0.5, 0.6) is 0 Å². The van der Waals surface area contributed by atoms with E-state index in [2.05, 4.69) is 34.4 Å². The smallest absolute Gasteiger partial charge is 0.134 e. The van der Waals surface area contributed by atoms with Crippen molar-refractivity contribution in [2.24, 2.45) is 23.7 Å². The Hall–Kier alpha value is -1.32. The van der Waals surface area contributed by atoms with E-state index in [4.69, 9.17) is 0 Å². The van der Waals surface area contributed by atoms with E-state index in [1.54, 1.807) is 0 Å². The molecule has 1 aromatic rings. The van der Waals surface area contributed by atoms with Crippen molar-refractivity contribution in [3.05, 3.63) is 11.4 Å². The summed E-state index contributed by atoms with van der Waals surface area (Å²) in [5, 5.41) is 7.18. The van der Waals surface area contributed by atoms with E-state index in [9.17, 15) is 0 Å². The third-order valence-electron chi connectivity index (χ3n) is 5.84. The van der Waals surface area contributed by atoms with Gasteiger partial charge in [-0.2, -0.15) is 0 Å². The molecule has 0 radical (unpaired) electrons. The maximum atomic E-state index is 4.66. The number of hydrogen-bond donors (Lipinski definition) is 2. The van der Waals surface area contributed by atoms with Gasteiger partial charge in [0.25, 0.3) is 0 Å². The molecule has 114 valence electrons. The largest absolute Gasteiger partial charge is 0.370 e. The van der Waals surface area contributed by atoms with Gasteiger partial charge < -0.3 is 10.6 Å². The first kappa shape index (κ1) is 13.4. The summed E-state index contributed by atoms with van der Waals surface area (Å²) in [7, 11) is 0. The van der Waals surface area contributed by atoms with Gasteiger partial charge in [-0.25, -0.2) is 9.97 Å². The molecule has 0 aromatic carbocycles. The lowest BCUT2D eigenvalue weighted by molar-refractivity contribution is 0.456. The number of hydrogen-bond acceptors (Lipinski definition) is 4. The Labute approximate surface area is 127 Å². The van der Waals surface area contributed by atoms with Gasteiger partial charge in [0, 0.05) is 18.2 Å². The van der Waals surface area contributed by atoms with Crippen molar-refractivity contribution in [1.82, 2.24) is 9.97 Å². The lowest BCUT2D eigenvalue weighted by Gasteiger charge is -2.16. The SMILES string of the molecule is CCCNc1nc(C)nc(NC2C3C4CCC(C4)C23)c1C. The molecule has 4 unspecified atom stereocenters. The molecule has 4 atom stereocenters. The van der Waals surface area contributed by atoms with E-state index in [0.717, 1.165) is 54.1 Å². The molecule has 1 heterocycles. The highest BCUT2D eigenvalue weighted by molar-refractivity contribution is 5.58. The van der Waals surface area contributed by atoms with Crippen LogP contribution in [0.25, 0.3) is 0 Å². The summed E-state index contributed by atoms with van der Waals surface area (Å²) in [4.78, 5) is 9.21. The van der Waals surface area contributed by atoms with Gasteiger partial charge in [0.2, 0.25) is 0 Å². The van der Waals surface area contributed by atoms with E-state index < -0.39 is 0 Å². The van der Waals surface area contributed by atoms with Crippen LogP contribution in [0.1, 0.15) is 44.0 Å². The second kappa shape index (κ2) is 4.85. The normalized spacial score (nSPS) is 35.7. The van der Waals surface area contributed by atoms with E-state index in [1.165, 1.54) is 24.8 Å². The zero-order valence-electron chi connectivity index (χ0n) is 13.3. The lowest BCUT2D eigenvalue weighted by Crippen LogP contribution is -2.16. The minimum atomic E-state index is 0.684. The molecule has 2 N–H and O–H groups in total. The van der Waals surface area contributed by atoms with E-state index in [1.807, 2.05) is 6.92 Å². The van der Waals surface area contributed by atoms with Crippen LogP contribution in [0.15, 0.2) is 0 Å². The van der Waals surface area contributed by atoms with Crippen molar-refractivity contribution in [2.75, 3.05) is 17.2 Å². The van der Waals surface area contributed by atoms with Crippen LogP contribution in [0.4, 0.5) is 11.6 Å². The molecule has 4 nitrogen and oxygen atoms in total. The maximum absolute atomic E-state index is 4.66. The van der Waals surface area contributed by atoms with Gasteiger partial charge in [-0.15, -0.1) is 0 Å². The predicted octanol–water partition coefficient (Wildman–Crippen LogP) is 3.37. The van der Waals surface area contributed by atoms with E-state index in [-0.39, 0.29) is 0 Å². The first-order chi connectivity index (χ1) is 10.2. The van der Waals surface area contributed by atoms with Crippen molar-refractivity contribution < 1.29 is 0 Å². The molecular formula is C17H26N4. The van der Waals surface area contributed by atoms with Crippen molar-refractivity contribution >= 4 is 11.6 Å². The topological polar surface area (TPSA) is 49.8 Å². The zero-order valence-corrected chi connectivity index (χ0v) is 13.3. The first-order valence-corrected chi connectivity index (χ1v) is 8.54. The Morgan fingerprint density at radius 1 is 1.05 bits per heavy atom. The van der Waals surface area contributed by atoms with Crippen molar-refractivity contribution in [3.8, 4) is 0 Å². The zero-order chi connectivity index (χ0) is 14.6. The summed E-state index contributed by atoms with van der Waals surface area (Å²) in [6.07, 6.45) is 5.55. The number of aromatic nitrogens is 2. The molecular weight excluding hydrogens is 260 g/mol. The predicted molar refractivity (Wildman–Crippen MR) is 85.5 cm³/mol. The monoisotopic (exact) mass is 286 g/mol. The second-order valence-electron chi connectivity index (χ2n) is 7.18. The molecule has 0 aliphatic heterocycles. The van der Waals surface area contributed by atoms with Crippen LogP contribution in [-0.2, 0) is 0 Å². The van der Waals surface area contributed by atoms with Gasteiger partial charge in [0.15, 0.2) is 0 Å². The molecule has 1 aromatic heterocycles. The Kier molecular flexibility index (Phi) is 3.09. The van der Waals surface area contributed by atoms with E-state index >= 15 is 0 Å². The Morgan fingerprint density at radius 2 is 1.71 bits per heavy atom. The average molecular weight is 286 g/mol. The fourth-order valence-electron chi connectivity index (χ4n) is 4.86. The van der Waals surface area contributed by atoms with Crippen LogP contribution in [0.3, 0.4) is 0 Å². The number of nitrogens with zero attached hydrogens (tertiary/aromatic N) is 2. The third-order valence-corrected chi connectivity index (χ3v) is 5.84. The summed E-state index contributed by atoms with van der Waals surface area (Å²) in [6, 6.07) is 0.684. The molecule has 0 amide bonds. The number of rotatable bonds is 5. The van der Waals surface area contributed by atoms with Crippen LogP contribution in [-0.4, -0.2) is 22.6 Å². The summed E-state index contributed by atoms with van der Waals surface area (Å²) < 4.78 is 0. The minimum absolute atomic E-state index is 0.684. The molecule has 21 heavy (non-hydrogen) atoms. The third kappa shape index (κ3) is 2.11. The molecule has 4 rings (SSSR count). The average Bonchev–Trinajstić information content (AvgIpc) is 2.85. The first-order valence-electron chi connectivity index (χ1n) is 8.54. The van der Waals surface area contributed by atoms with Gasteiger partial charge in [-0.1, -0.05) is 6.92 Å². The molecule has 3 aliphatic carbocycles. The maximum Gasteiger partial charge on any atom is 0.134 e. The van der Waals surface area contributed by atoms with Gasteiger partial charge in [-0.3, -0.25) is 0 Å². The van der Waals surface area contributed by atoms with Crippen LogP contribution in [0.2, 0.25) is 0 Å². The number of aryl methyl sites for hydroxylation is 1. The summed E-state index contributed by atoms with van der Waals surface area (Å²) in [6.45, 7) is 7.26. The fourth-order valence-corrected chi connectivity index (χ4v) is 4.86.